The molecule has 0 saturated heterocycles. The number of alkyl halides is 3. The van der Waals surface area contributed by atoms with Crippen LogP contribution in [0.15, 0.2) is 53.5 Å². The van der Waals surface area contributed by atoms with Crippen LogP contribution >= 0.6 is 0 Å². The molecule has 0 unspecified atom stereocenters. The predicted octanol–water partition coefficient (Wildman–Crippen LogP) is 3.80. The van der Waals surface area contributed by atoms with Crippen LogP contribution in [0.3, 0.4) is 0 Å². The molecule has 1 aliphatic carbocycles. The van der Waals surface area contributed by atoms with Crippen molar-refractivity contribution in [2.75, 3.05) is 27.7 Å². The van der Waals surface area contributed by atoms with E-state index in [2.05, 4.69) is 15.6 Å². The van der Waals surface area contributed by atoms with E-state index in [1.54, 1.807) is 39.3 Å². The van der Waals surface area contributed by atoms with Crippen LogP contribution in [0.1, 0.15) is 39.9 Å². The summed E-state index contributed by atoms with van der Waals surface area (Å²) in [5.41, 5.74) is 1.39. The Hall–Kier alpha value is -3.03. The molecule has 0 heterocycles. The Morgan fingerprint density at radius 1 is 1.10 bits per heavy atom. The van der Waals surface area contributed by atoms with E-state index >= 15 is 0 Å². The standard InChI is InChI=1S/C23H27F3N4O/c1-27-21(28-14-16-7-9-17(10-8-16)20(31)30(2)3)29-15-22(11-12-22)18-5-4-6-19(13-18)23(24,25)26/h4-10,13H,11-12,14-15H2,1-3H3,(H2,27,28,29). The third-order valence-electron chi connectivity index (χ3n) is 5.54. The van der Waals surface area contributed by atoms with Crippen LogP contribution in [0.4, 0.5) is 13.2 Å². The summed E-state index contributed by atoms with van der Waals surface area (Å²) in [5, 5.41) is 6.45. The Kier molecular flexibility index (Phi) is 6.57. The monoisotopic (exact) mass is 432 g/mol. The summed E-state index contributed by atoms with van der Waals surface area (Å²) >= 11 is 0. The fourth-order valence-corrected chi connectivity index (χ4v) is 3.43. The van der Waals surface area contributed by atoms with E-state index < -0.39 is 11.7 Å². The molecule has 0 aromatic heterocycles. The molecule has 0 radical (unpaired) electrons. The number of hydrogen-bond donors (Lipinski definition) is 2. The van der Waals surface area contributed by atoms with Gasteiger partial charge >= 0.3 is 6.18 Å². The fraction of sp³-hybridized carbons (Fsp3) is 0.391. The van der Waals surface area contributed by atoms with Crippen LogP contribution < -0.4 is 10.6 Å². The van der Waals surface area contributed by atoms with E-state index in [1.165, 1.54) is 17.0 Å². The number of aliphatic imine (C=N–C) groups is 1. The van der Waals surface area contributed by atoms with Gasteiger partial charge in [-0.2, -0.15) is 13.2 Å². The van der Waals surface area contributed by atoms with Crippen molar-refractivity contribution in [2.24, 2.45) is 4.99 Å². The largest absolute Gasteiger partial charge is 0.416 e. The van der Waals surface area contributed by atoms with Crippen LogP contribution in [-0.2, 0) is 18.1 Å². The van der Waals surface area contributed by atoms with Crippen LogP contribution in [0, 0.1) is 0 Å². The Balaban J connectivity index is 1.57. The van der Waals surface area contributed by atoms with Crippen LogP contribution in [0.25, 0.3) is 0 Å². The number of amides is 1. The third-order valence-corrected chi connectivity index (χ3v) is 5.54. The van der Waals surface area contributed by atoms with Gasteiger partial charge in [0, 0.05) is 45.2 Å². The molecule has 8 heteroatoms. The molecule has 2 aromatic carbocycles. The van der Waals surface area contributed by atoms with Gasteiger partial charge in [-0.15, -0.1) is 0 Å². The Bertz CT molecular complexity index is 948. The maximum Gasteiger partial charge on any atom is 0.416 e. The molecule has 0 spiro atoms. The van der Waals surface area contributed by atoms with Crippen molar-refractivity contribution in [1.29, 1.82) is 0 Å². The van der Waals surface area contributed by atoms with Gasteiger partial charge in [0.25, 0.3) is 5.91 Å². The van der Waals surface area contributed by atoms with Crippen molar-refractivity contribution >= 4 is 11.9 Å². The molecule has 0 aliphatic heterocycles. The third kappa shape index (κ3) is 5.57. The van der Waals surface area contributed by atoms with Crippen molar-refractivity contribution in [2.45, 2.75) is 31.0 Å². The zero-order chi connectivity index (χ0) is 22.6. The van der Waals surface area contributed by atoms with Gasteiger partial charge < -0.3 is 15.5 Å². The summed E-state index contributed by atoms with van der Waals surface area (Å²) in [4.78, 5) is 17.7. The number of carbonyl (C=O) groups excluding carboxylic acids is 1. The molecule has 31 heavy (non-hydrogen) atoms. The highest BCUT2D eigenvalue weighted by Crippen LogP contribution is 2.48. The zero-order valence-corrected chi connectivity index (χ0v) is 17.9. The number of nitrogens with zero attached hydrogens (tertiary/aromatic N) is 2. The molecule has 166 valence electrons. The van der Waals surface area contributed by atoms with Gasteiger partial charge in [0.1, 0.15) is 0 Å². The molecule has 1 saturated carbocycles. The maximum absolute atomic E-state index is 13.0. The van der Waals surface area contributed by atoms with Crippen molar-refractivity contribution in [3.8, 4) is 0 Å². The Morgan fingerprint density at radius 3 is 2.32 bits per heavy atom. The smallest absolute Gasteiger partial charge is 0.356 e. The SMILES string of the molecule is CN=C(NCc1ccc(C(=O)N(C)C)cc1)NCC1(c2cccc(C(F)(F)F)c2)CC1. The van der Waals surface area contributed by atoms with Gasteiger partial charge in [0.2, 0.25) is 0 Å². The summed E-state index contributed by atoms with van der Waals surface area (Å²) in [6.45, 7) is 1.01. The Morgan fingerprint density at radius 2 is 1.77 bits per heavy atom. The van der Waals surface area contributed by atoms with E-state index in [0.29, 0.717) is 30.2 Å². The molecule has 3 rings (SSSR count). The van der Waals surface area contributed by atoms with E-state index in [1.807, 2.05) is 12.1 Å². The Labute approximate surface area is 180 Å². The highest BCUT2D eigenvalue weighted by molar-refractivity contribution is 5.93. The van der Waals surface area contributed by atoms with E-state index in [-0.39, 0.29) is 11.3 Å². The number of rotatable bonds is 6. The molecule has 0 atom stereocenters. The fourth-order valence-electron chi connectivity index (χ4n) is 3.43. The summed E-state index contributed by atoms with van der Waals surface area (Å²) < 4.78 is 39.1. The summed E-state index contributed by atoms with van der Waals surface area (Å²) in [7, 11) is 5.07. The first-order valence-corrected chi connectivity index (χ1v) is 10.1. The maximum atomic E-state index is 13.0. The van der Waals surface area contributed by atoms with Crippen molar-refractivity contribution in [1.82, 2.24) is 15.5 Å². The first-order chi connectivity index (χ1) is 14.6. The van der Waals surface area contributed by atoms with E-state index in [0.717, 1.165) is 24.5 Å². The molecule has 2 N–H and O–H groups in total. The number of hydrogen-bond acceptors (Lipinski definition) is 2. The van der Waals surface area contributed by atoms with Gasteiger partial charge in [0.15, 0.2) is 5.96 Å². The molecule has 1 aliphatic rings. The number of nitrogens with one attached hydrogen (secondary N) is 2. The van der Waals surface area contributed by atoms with Crippen molar-refractivity contribution < 1.29 is 18.0 Å². The second-order valence-corrected chi connectivity index (χ2v) is 8.03. The first-order valence-electron chi connectivity index (χ1n) is 10.1. The van der Waals surface area contributed by atoms with Gasteiger partial charge in [-0.25, -0.2) is 0 Å². The minimum Gasteiger partial charge on any atom is -0.356 e. The summed E-state index contributed by atoms with van der Waals surface area (Å²) in [5.74, 6) is 0.521. The highest BCUT2D eigenvalue weighted by Gasteiger charge is 2.45. The molecule has 0 bridgehead atoms. The second kappa shape index (κ2) is 8.99. The number of benzene rings is 2. The molecule has 1 fully saturated rings. The van der Waals surface area contributed by atoms with Crippen molar-refractivity contribution in [3.05, 3.63) is 70.8 Å². The normalized spacial score (nSPS) is 15.4. The lowest BCUT2D eigenvalue weighted by atomic mass is 9.94. The van der Waals surface area contributed by atoms with Gasteiger partial charge in [-0.1, -0.05) is 30.3 Å². The molecule has 1 amide bonds. The average molecular weight is 432 g/mol. The molecule has 5 nitrogen and oxygen atoms in total. The first kappa shape index (κ1) is 22.7. The predicted molar refractivity (Wildman–Crippen MR) is 115 cm³/mol. The highest BCUT2D eigenvalue weighted by atomic mass is 19.4. The molecular weight excluding hydrogens is 405 g/mol. The molecular formula is C23H27F3N4O. The van der Waals surface area contributed by atoms with Crippen molar-refractivity contribution in [3.63, 3.8) is 0 Å². The molecule has 2 aromatic rings. The lowest BCUT2D eigenvalue weighted by Gasteiger charge is -2.20. The lowest BCUT2D eigenvalue weighted by molar-refractivity contribution is -0.137. The average Bonchev–Trinajstić information content (AvgIpc) is 3.54. The van der Waals surface area contributed by atoms with Crippen LogP contribution in [0.2, 0.25) is 0 Å². The van der Waals surface area contributed by atoms with Crippen LogP contribution in [0.5, 0.6) is 0 Å². The minimum atomic E-state index is -4.34. The van der Waals surface area contributed by atoms with Crippen LogP contribution in [-0.4, -0.2) is 44.5 Å². The topological polar surface area (TPSA) is 56.7 Å². The number of halogens is 3. The number of guanidine groups is 1. The van der Waals surface area contributed by atoms with E-state index in [9.17, 15) is 18.0 Å². The van der Waals surface area contributed by atoms with E-state index in [4.69, 9.17) is 0 Å². The number of carbonyl (C=O) groups is 1. The van der Waals surface area contributed by atoms with Gasteiger partial charge in [-0.3, -0.25) is 9.79 Å². The summed E-state index contributed by atoms with van der Waals surface area (Å²) in [6, 6.07) is 12.9. The minimum absolute atomic E-state index is 0.0543. The zero-order valence-electron chi connectivity index (χ0n) is 17.9. The van der Waals surface area contributed by atoms with Gasteiger partial charge in [0.05, 0.1) is 5.56 Å². The quantitative estimate of drug-likeness (QED) is 0.539. The lowest BCUT2D eigenvalue weighted by Crippen LogP contribution is -2.41. The summed E-state index contributed by atoms with van der Waals surface area (Å²) in [6.07, 6.45) is -2.68. The van der Waals surface area contributed by atoms with Gasteiger partial charge in [-0.05, 0) is 42.2 Å². The second-order valence-electron chi connectivity index (χ2n) is 8.03.